The Kier molecular flexibility index (Phi) is 5.70. The maximum Gasteiger partial charge on any atom is 0.223 e. The van der Waals surface area contributed by atoms with Gasteiger partial charge in [0.1, 0.15) is 23.4 Å². The normalized spacial score (nSPS) is 11.2. The molecule has 9 heteroatoms. The molecule has 0 unspecified atom stereocenters. The highest BCUT2D eigenvalue weighted by atomic mass is 35.5. The van der Waals surface area contributed by atoms with Crippen LogP contribution < -0.4 is 10.6 Å². The number of rotatable bonds is 8. The number of ether oxygens (including phenoxy) is 1. The molecule has 0 aliphatic carbocycles. The lowest BCUT2D eigenvalue weighted by Crippen LogP contribution is -2.28. The molecule has 3 aromatic heterocycles. The summed E-state index contributed by atoms with van der Waals surface area (Å²) < 4.78 is 5.84. The molecule has 4 rings (SSSR count). The number of halogens is 1. The monoisotopic (exact) mass is 414 g/mol. The molecule has 0 aliphatic heterocycles. The van der Waals surface area contributed by atoms with E-state index in [0.717, 1.165) is 16.9 Å². The van der Waals surface area contributed by atoms with E-state index in [2.05, 4.69) is 30.9 Å². The van der Waals surface area contributed by atoms with Gasteiger partial charge in [0.15, 0.2) is 0 Å². The Morgan fingerprint density at radius 2 is 2.04 bits per heavy atom. The lowest BCUT2D eigenvalue weighted by molar-refractivity contribution is 0.121. The molecular formula is C19H19ClN6OS. The summed E-state index contributed by atoms with van der Waals surface area (Å²) in [5.74, 6) is 1.64. The Morgan fingerprint density at radius 1 is 1.14 bits per heavy atom. The van der Waals surface area contributed by atoms with Crippen LogP contribution in [0.3, 0.4) is 0 Å². The Bertz CT molecular complexity index is 998. The van der Waals surface area contributed by atoms with Gasteiger partial charge in [0, 0.05) is 17.5 Å². The number of nitrogens with two attached hydrogens (primary N) is 1. The lowest BCUT2D eigenvalue weighted by Gasteiger charge is -2.23. The standard InChI is InChI=1S/C19H19ClN6OS/c20-16-10-18(25-19(21)24-16)26(11-13-4-3-9-28-13)7-8-27-12-17-22-14-5-1-2-6-15(14)23-17/h1-6,9-10H,7-8,11-12H2,(H,22,23)(H2,21,24,25). The van der Waals surface area contributed by atoms with E-state index < -0.39 is 0 Å². The van der Waals surface area contributed by atoms with Gasteiger partial charge in [0.25, 0.3) is 0 Å². The van der Waals surface area contributed by atoms with Gasteiger partial charge in [-0.15, -0.1) is 11.3 Å². The van der Waals surface area contributed by atoms with Gasteiger partial charge in [-0.3, -0.25) is 0 Å². The molecule has 144 valence electrons. The number of aromatic amines is 1. The number of para-hydroxylation sites is 2. The summed E-state index contributed by atoms with van der Waals surface area (Å²) in [7, 11) is 0. The third-order valence-corrected chi connectivity index (χ3v) is 5.19. The minimum Gasteiger partial charge on any atom is -0.372 e. The van der Waals surface area contributed by atoms with Crippen LogP contribution in [-0.4, -0.2) is 33.1 Å². The molecule has 0 aliphatic rings. The summed E-state index contributed by atoms with van der Waals surface area (Å²) in [5.41, 5.74) is 7.71. The highest BCUT2D eigenvalue weighted by Gasteiger charge is 2.12. The predicted molar refractivity (Wildman–Crippen MR) is 113 cm³/mol. The first-order valence-corrected chi connectivity index (χ1v) is 10.0. The van der Waals surface area contributed by atoms with Crippen molar-refractivity contribution in [2.24, 2.45) is 0 Å². The Balaban J connectivity index is 1.40. The zero-order valence-corrected chi connectivity index (χ0v) is 16.6. The van der Waals surface area contributed by atoms with E-state index in [-0.39, 0.29) is 5.95 Å². The zero-order chi connectivity index (χ0) is 19.3. The van der Waals surface area contributed by atoms with Crippen molar-refractivity contribution in [3.63, 3.8) is 0 Å². The number of hydrogen-bond donors (Lipinski definition) is 2. The fraction of sp³-hybridized carbons (Fsp3) is 0.211. The second-order valence-corrected chi connectivity index (χ2v) is 7.58. The highest BCUT2D eigenvalue weighted by molar-refractivity contribution is 7.09. The third kappa shape index (κ3) is 4.59. The Hall–Kier alpha value is -2.68. The first-order valence-electron chi connectivity index (χ1n) is 8.76. The topological polar surface area (TPSA) is 93.0 Å². The van der Waals surface area contributed by atoms with Crippen molar-refractivity contribution in [1.29, 1.82) is 0 Å². The summed E-state index contributed by atoms with van der Waals surface area (Å²) >= 11 is 7.74. The lowest BCUT2D eigenvalue weighted by atomic mass is 10.3. The number of H-pyrrole nitrogens is 1. The van der Waals surface area contributed by atoms with E-state index in [4.69, 9.17) is 22.1 Å². The predicted octanol–water partition coefficient (Wildman–Crippen LogP) is 3.87. The average Bonchev–Trinajstić information content (AvgIpc) is 3.32. The van der Waals surface area contributed by atoms with E-state index in [1.165, 1.54) is 4.88 Å². The molecule has 28 heavy (non-hydrogen) atoms. The van der Waals surface area contributed by atoms with Crippen molar-refractivity contribution in [2.75, 3.05) is 23.8 Å². The molecule has 0 bridgehead atoms. The molecule has 0 saturated carbocycles. The molecule has 0 atom stereocenters. The van der Waals surface area contributed by atoms with Crippen molar-refractivity contribution < 1.29 is 4.74 Å². The molecule has 0 radical (unpaired) electrons. The Morgan fingerprint density at radius 3 is 2.82 bits per heavy atom. The van der Waals surface area contributed by atoms with E-state index in [1.54, 1.807) is 17.4 Å². The minimum atomic E-state index is 0.155. The van der Waals surface area contributed by atoms with E-state index in [9.17, 15) is 0 Å². The van der Waals surface area contributed by atoms with Crippen molar-refractivity contribution in [3.8, 4) is 0 Å². The number of nitrogens with one attached hydrogen (secondary N) is 1. The van der Waals surface area contributed by atoms with Gasteiger partial charge < -0.3 is 20.4 Å². The number of nitrogen functional groups attached to an aromatic ring is 1. The molecule has 0 spiro atoms. The van der Waals surface area contributed by atoms with Crippen molar-refractivity contribution in [3.05, 3.63) is 63.7 Å². The molecule has 0 saturated heterocycles. The summed E-state index contributed by atoms with van der Waals surface area (Å²) in [6, 6.07) is 13.7. The number of nitrogens with zero attached hydrogens (tertiary/aromatic N) is 4. The van der Waals surface area contributed by atoms with Gasteiger partial charge in [0.2, 0.25) is 5.95 Å². The highest BCUT2D eigenvalue weighted by Crippen LogP contribution is 2.21. The number of hydrogen-bond acceptors (Lipinski definition) is 7. The van der Waals surface area contributed by atoms with Crippen LogP contribution in [0.1, 0.15) is 10.7 Å². The molecule has 3 N–H and O–H groups in total. The largest absolute Gasteiger partial charge is 0.372 e. The second-order valence-electron chi connectivity index (χ2n) is 6.16. The van der Waals surface area contributed by atoms with E-state index in [1.807, 2.05) is 35.7 Å². The van der Waals surface area contributed by atoms with E-state index >= 15 is 0 Å². The van der Waals surface area contributed by atoms with Crippen LogP contribution in [0.15, 0.2) is 47.8 Å². The maximum absolute atomic E-state index is 6.06. The van der Waals surface area contributed by atoms with Crippen molar-refractivity contribution >= 4 is 45.7 Å². The van der Waals surface area contributed by atoms with Crippen LogP contribution in [-0.2, 0) is 17.9 Å². The molecule has 7 nitrogen and oxygen atoms in total. The number of benzene rings is 1. The van der Waals surface area contributed by atoms with Crippen LogP contribution in [0, 0.1) is 0 Å². The molecule has 3 heterocycles. The zero-order valence-electron chi connectivity index (χ0n) is 15.0. The van der Waals surface area contributed by atoms with Crippen molar-refractivity contribution in [1.82, 2.24) is 19.9 Å². The second kappa shape index (κ2) is 8.55. The van der Waals surface area contributed by atoms with Gasteiger partial charge in [-0.05, 0) is 23.6 Å². The SMILES string of the molecule is Nc1nc(Cl)cc(N(CCOCc2nc3ccccc3[nH]2)Cc2cccs2)n1. The smallest absolute Gasteiger partial charge is 0.223 e. The average molecular weight is 415 g/mol. The number of anilines is 2. The summed E-state index contributed by atoms with van der Waals surface area (Å²) in [6.07, 6.45) is 0. The summed E-state index contributed by atoms with van der Waals surface area (Å²) in [6.45, 7) is 2.24. The first kappa shape index (κ1) is 18.7. The van der Waals surface area contributed by atoms with E-state index in [0.29, 0.717) is 37.3 Å². The minimum absolute atomic E-state index is 0.155. The third-order valence-electron chi connectivity index (χ3n) is 4.13. The van der Waals surface area contributed by atoms with Crippen molar-refractivity contribution in [2.45, 2.75) is 13.2 Å². The fourth-order valence-electron chi connectivity index (χ4n) is 2.87. The number of fused-ring (bicyclic) bond motifs is 1. The number of aromatic nitrogens is 4. The van der Waals surface area contributed by atoms with Crippen LogP contribution in [0.2, 0.25) is 5.15 Å². The first-order chi connectivity index (χ1) is 13.7. The number of imidazole rings is 1. The Labute approximate surface area is 171 Å². The van der Waals surface area contributed by atoms with Gasteiger partial charge in [0.05, 0.1) is 24.2 Å². The van der Waals surface area contributed by atoms with Crippen LogP contribution in [0.4, 0.5) is 11.8 Å². The van der Waals surface area contributed by atoms with Gasteiger partial charge >= 0.3 is 0 Å². The number of thiophene rings is 1. The fourth-order valence-corrected chi connectivity index (χ4v) is 3.77. The van der Waals surface area contributed by atoms with Crippen LogP contribution >= 0.6 is 22.9 Å². The summed E-state index contributed by atoms with van der Waals surface area (Å²) in [5, 5.41) is 2.37. The quantitative estimate of drug-likeness (QED) is 0.336. The maximum atomic E-state index is 6.06. The van der Waals surface area contributed by atoms with Gasteiger partial charge in [-0.25, -0.2) is 9.97 Å². The van der Waals surface area contributed by atoms with Gasteiger partial charge in [-0.1, -0.05) is 29.8 Å². The molecule has 4 aromatic rings. The molecule has 0 fully saturated rings. The van der Waals surface area contributed by atoms with Crippen LogP contribution in [0.25, 0.3) is 11.0 Å². The molecular weight excluding hydrogens is 396 g/mol. The summed E-state index contributed by atoms with van der Waals surface area (Å²) in [4.78, 5) is 19.3. The van der Waals surface area contributed by atoms with Crippen LogP contribution in [0.5, 0.6) is 0 Å². The van der Waals surface area contributed by atoms with Gasteiger partial charge in [-0.2, -0.15) is 4.98 Å². The molecule has 0 amide bonds. The molecule has 1 aromatic carbocycles.